The maximum absolute atomic E-state index is 11.6. The van der Waals surface area contributed by atoms with Gasteiger partial charge in [0.15, 0.2) is 0 Å². The molecule has 0 aromatic heterocycles. The van der Waals surface area contributed by atoms with E-state index in [9.17, 15) is 4.79 Å². The van der Waals surface area contributed by atoms with E-state index in [1.807, 2.05) is 0 Å². The molecule has 2 saturated heterocycles. The van der Waals surface area contributed by atoms with Gasteiger partial charge in [-0.15, -0.1) is 12.4 Å². The fourth-order valence-corrected chi connectivity index (χ4v) is 2.12. The Labute approximate surface area is 103 Å². The molecule has 0 saturated carbocycles. The lowest BCUT2D eigenvalue weighted by atomic mass is 10.0. The van der Waals surface area contributed by atoms with Crippen LogP contribution in [0, 0.1) is 5.92 Å². The van der Waals surface area contributed by atoms with E-state index in [4.69, 9.17) is 4.74 Å². The minimum absolute atomic E-state index is 0. The van der Waals surface area contributed by atoms with Gasteiger partial charge in [0.2, 0.25) is 5.91 Å². The Morgan fingerprint density at radius 1 is 1.56 bits per heavy atom. The van der Waals surface area contributed by atoms with E-state index in [-0.39, 0.29) is 30.3 Å². The van der Waals surface area contributed by atoms with E-state index >= 15 is 0 Å². The van der Waals surface area contributed by atoms with Crippen molar-refractivity contribution in [3.05, 3.63) is 0 Å². The van der Waals surface area contributed by atoms with Gasteiger partial charge >= 0.3 is 0 Å². The lowest BCUT2D eigenvalue weighted by Gasteiger charge is -2.28. The molecular formula is C11H21ClN2O2. The van der Waals surface area contributed by atoms with Crippen molar-refractivity contribution in [2.45, 2.75) is 38.3 Å². The Morgan fingerprint density at radius 3 is 2.81 bits per heavy atom. The number of ether oxygens (including phenoxy) is 1. The van der Waals surface area contributed by atoms with Crippen molar-refractivity contribution in [1.82, 2.24) is 10.6 Å². The van der Waals surface area contributed by atoms with Crippen LogP contribution >= 0.6 is 12.4 Å². The van der Waals surface area contributed by atoms with Gasteiger partial charge in [0, 0.05) is 25.7 Å². The van der Waals surface area contributed by atoms with Crippen molar-refractivity contribution in [1.29, 1.82) is 0 Å². The molecule has 0 spiro atoms. The monoisotopic (exact) mass is 248 g/mol. The van der Waals surface area contributed by atoms with Crippen LogP contribution in [0.3, 0.4) is 0 Å². The van der Waals surface area contributed by atoms with E-state index in [2.05, 4.69) is 17.6 Å². The topological polar surface area (TPSA) is 50.4 Å². The molecule has 2 atom stereocenters. The highest BCUT2D eigenvalue weighted by Crippen LogP contribution is 2.17. The van der Waals surface area contributed by atoms with Gasteiger partial charge in [-0.3, -0.25) is 4.79 Å². The number of amides is 1. The molecule has 2 aliphatic heterocycles. The molecule has 0 radical (unpaired) electrons. The van der Waals surface area contributed by atoms with Crippen LogP contribution < -0.4 is 10.6 Å². The van der Waals surface area contributed by atoms with Crippen molar-refractivity contribution < 1.29 is 9.53 Å². The summed E-state index contributed by atoms with van der Waals surface area (Å²) in [5, 5.41) is 6.15. The van der Waals surface area contributed by atoms with Gasteiger partial charge in [0.1, 0.15) is 0 Å². The molecule has 0 bridgehead atoms. The fraction of sp³-hybridized carbons (Fsp3) is 0.909. The Hall–Kier alpha value is -0.320. The fourth-order valence-electron chi connectivity index (χ4n) is 2.12. The summed E-state index contributed by atoms with van der Waals surface area (Å²) < 4.78 is 5.54. The summed E-state index contributed by atoms with van der Waals surface area (Å²) in [4.78, 5) is 11.6. The van der Waals surface area contributed by atoms with Crippen molar-refractivity contribution in [3.63, 3.8) is 0 Å². The average Bonchev–Trinajstić information content (AvgIpc) is 2.52. The highest BCUT2D eigenvalue weighted by molar-refractivity contribution is 5.85. The smallest absolute Gasteiger partial charge is 0.225 e. The van der Waals surface area contributed by atoms with Crippen LogP contribution in [0.2, 0.25) is 0 Å². The second kappa shape index (κ2) is 6.42. The molecule has 0 aromatic carbocycles. The molecule has 16 heavy (non-hydrogen) atoms. The summed E-state index contributed by atoms with van der Waals surface area (Å²) in [6.45, 7) is 4.61. The zero-order chi connectivity index (χ0) is 10.7. The van der Waals surface area contributed by atoms with Gasteiger partial charge in [-0.1, -0.05) is 0 Å². The zero-order valence-electron chi connectivity index (χ0n) is 9.70. The largest absolute Gasteiger partial charge is 0.378 e. The van der Waals surface area contributed by atoms with Crippen LogP contribution in [-0.4, -0.2) is 37.7 Å². The Bertz CT molecular complexity index is 228. The SMILES string of the molecule is CC(CC1CCCO1)NC(=O)C1CNC1.Cl. The number of nitrogens with one attached hydrogen (secondary N) is 2. The van der Waals surface area contributed by atoms with Crippen LogP contribution in [0.4, 0.5) is 0 Å². The molecule has 4 nitrogen and oxygen atoms in total. The van der Waals surface area contributed by atoms with E-state index < -0.39 is 0 Å². The molecule has 1 amide bonds. The van der Waals surface area contributed by atoms with Crippen molar-refractivity contribution >= 4 is 18.3 Å². The van der Waals surface area contributed by atoms with E-state index in [1.54, 1.807) is 0 Å². The Balaban J connectivity index is 0.00000128. The number of hydrogen-bond donors (Lipinski definition) is 2. The molecule has 2 fully saturated rings. The number of halogens is 1. The summed E-state index contributed by atoms with van der Waals surface area (Å²) in [7, 11) is 0. The normalized spacial score (nSPS) is 26.7. The lowest BCUT2D eigenvalue weighted by molar-refractivity contribution is -0.127. The first-order valence-electron chi connectivity index (χ1n) is 5.88. The number of rotatable bonds is 4. The minimum Gasteiger partial charge on any atom is -0.378 e. The Kier molecular flexibility index (Phi) is 5.52. The van der Waals surface area contributed by atoms with Gasteiger partial charge in [-0.25, -0.2) is 0 Å². The number of hydrogen-bond acceptors (Lipinski definition) is 3. The average molecular weight is 249 g/mol. The summed E-state index contributed by atoms with van der Waals surface area (Å²) in [5.41, 5.74) is 0. The highest BCUT2D eigenvalue weighted by atomic mass is 35.5. The quantitative estimate of drug-likeness (QED) is 0.770. The first-order valence-corrected chi connectivity index (χ1v) is 5.88. The molecule has 2 aliphatic rings. The van der Waals surface area contributed by atoms with Crippen molar-refractivity contribution in [2.75, 3.05) is 19.7 Å². The van der Waals surface area contributed by atoms with Gasteiger partial charge in [-0.2, -0.15) is 0 Å². The van der Waals surface area contributed by atoms with Gasteiger partial charge in [-0.05, 0) is 26.2 Å². The molecule has 2 N–H and O–H groups in total. The van der Waals surface area contributed by atoms with Crippen molar-refractivity contribution in [3.8, 4) is 0 Å². The summed E-state index contributed by atoms with van der Waals surface area (Å²) in [6, 6.07) is 0.237. The van der Waals surface area contributed by atoms with Crippen LogP contribution in [0.15, 0.2) is 0 Å². The Morgan fingerprint density at radius 2 is 2.31 bits per heavy atom. The minimum atomic E-state index is 0. The van der Waals surface area contributed by atoms with Crippen LogP contribution in [0.25, 0.3) is 0 Å². The predicted molar refractivity (Wildman–Crippen MR) is 64.8 cm³/mol. The first-order chi connectivity index (χ1) is 7.25. The van der Waals surface area contributed by atoms with Crippen LogP contribution in [0.5, 0.6) is 0 Å². The molecule has 2 unspecified atom stereocenters. The third kappa shape index (κ3) is 3.61. The van der Waals surface area contributed by atoms with E-state index in [0.29, 0.717) is 6.10 Å². The second-order valence-electron chi connectivity index (χ2n) is 4.64. The number of carbonyl (C=O) groups is 1. The maximum Gasteiger partial charge on any atom is 0.225 e. The molecule has 2 rings (SSSR count). The lowest BCUT2D eigenvalue weighted by Crippen LogP contribution is -2.52. The number of carbonyl (C=O) groups excluding carboxylic acids is 1. The van der Waals surface area contributed by atoms with Crippen molar-refractivity contribution in [2.24, 2.45) is 5.92 Å². The molecule has 0 aromatic rings. The highest BCUT2D eigenvalue weighted by Gasteiger charge is 2.26. The standard InChI is InChI=1S/C11H20N2O2.ClH/c1-8(5-10-3-2-4-15-10)13-11(14)9-6-12-7-9;/h8-10,12H,2-7H2,1H3,(H,13,14);1H. The first kappa shape index (κ1) is 13.7. The summed E-state index contributed by atoms with van der Waals surface area (Å²) in [5.74, 6) is 0.385. The maximum atomic E-state index is 11.6. The van der Waals surface area contributed by atoms with E-state index in [0.717, 1.165) is 39.0 Å². The summed E-state index contributed by atoms with van der Waals surface area (Å²) >= 11 is 0. The molecule has 2 heterocycles. The van der Waals surface area contributed by atoms with Gasteiger partial charge in [0.25, 0.3) is 0 Å². The molecule has 5 heteroatoms. The predicted octanol–water partition coefficient (Wildman–Crippen LogP) is 0.701. The molecule has 94 valence electrons. The third-order valence-electron chi connectivity index (χ3n) is 3.18. The zero-order valence-corrected chi connectivity index (χ0v) is 10.5. The third-order valence-corrected chi connectivity index (χ3v) is 3.18. The summed E-state index contributed by atoms with van der Waals surface area (Å²) in [6.07, 6.45) is 3.62. The molecule has 0 aliphatic carbocycles. The van der Waals surface area contributed by atoms with Gasteiger partial charge in [0.05, 0.1) is 12.0 Å². The van der Waals surface area contributed by atoms with Crippen LogP contribution in [-0.2, 0) is 9.53 Å². The van der Waals surface area contributed by atoms with E-state index in [1.165, 1.54) is 0 Å². The van der Waals surface area contributed by atoms with Crippen LogP contribution in [0.1, 0.15) is 26.2 Å². The second-order valence-corrected chi connectivity index (χ2v) is 4.64. The molecular weight excluding hydrogens is 228 g/mol. The van der Waals surface area contributed by atoms with Gasteiger partial charge < -0.3 is 15.4 Å².